The Labute approximate surface area is 108 Å². The fourth-order valence-corrected chi connectivity index (χ4v) is 1.25. The standard InChI is InChI=1S/C12H24N2O4/c1-11(15)3-2-4-12(16)14-6-8-18-10-9-17-7-5-13/h2-10,13H2,1H3,(H,14,16). The van der Waals surface area contributed by atoms with Crippen molar-refractivity contribution < 1.29 is 19.1 Å². The van der Waals surface area contributed by atoms with Gasteiger partial charge in [0.2, 0.25) is 5.91 Å². The molecule has 0 aliphatic rings. The number of hydrogen-bond donors (Lipinski definition) is 2. The van der Waals surface area contributed by atoms with Crippen molar-refractivity contribution in [1.82, 2.24) is 5.32 Å². The Balaban J connectivity index is 3.17. The van der Waals surface area contributed by atoms with Gasteiger partial charge in [-0.3, -0.25) is 4.79 Å². The van der Waals surface area contributed by atoms with Gasteiger partial charge in [-0.25, -0.2) is 0 Å². The summed E-state index contributed by atoms with van der Waals surface area (Å²) < 4.78 is 10.4. The number of carbonyl (C=O) groups excluding carboxylic acids is 2. The van der Waals surface area contributed by atoms with Gasteiger partial charge in [0.05, 0.1) is 26.4 Å². The van der Waals surface area contributed by atoms with E-state index in [-0.39, 0.29) is 11.7 Å². The van der Waals surface area contributed by atoms with Gasteiger partial charge in [-0.2, -0.15) is 0 Å². The Bertz CT molecular complexity index is 234. The zero-order valence-electron chi connectivity index (χ0n) is 11.1. The van der Waals surface area contributed by atoms with E-state index in [1.807, 2.05) is 0 Å². The molecule has 0 rings (SSSR count). The number of hydrogen-bond acceptors (Lipinski definition) is 5. The number of rotatable bonds is 12. The summed E-state index contributed by atoms with van der Waals surface area (Å²) in [6, 6.07) is 0. The highest BCUT2D eigenvalue weighted by atomic mass is 16.5. The van der Waals surface area contributed by atoms with E-state index < -0.39 is 0 Å². The molecule has 0 spiro atoms. The van der Waals surface area contributed by atoms with Crippen molar-refractivity contribution in [3.8, 4) is 0 Å². The maximum absolute atomic E-state index is 11.3. The minimum atomic E-state index is -0.0424. The van der Waals surface area contributed by atoms with Crippen molar-refractivity contribution in [2.75, 3.05) is 39.5 Å². The Morgan fingerprint density at radius 2 is 1.72 bits per heavy atom. The molecule has 0 radical (unpaired) electrons. The van der Waals surface area contributed by atoms with E-state index in [2.05, 4.69) is 5.32 Å². The van der Waals surface area contributed by atoms with E-state index in [4.69, 9.17) is 15.2 Å². The fraction of sp³-hybridized carbons (Fsp3) is 0.833. The van der Waals surface area contributed by atoms with Crippen LogP contribution in [-0.2, 0) is 19.1 Å². The molecule has 3 N–H and O–H groups in total. The van der Waals surface area contributed by atoms with Crippen molar-refractivity contribution in [3.05, 3.63) is 0 Å². The first kappa shape index (κ1) is 17.0. The Morgan fingerprint density at radius 3 is 2.33 bits per heavy atom. The first-order chi connectivity index (χ1) is 8.66. The average molecular weight is 260 g/mol. The van der Waals surface area contributed by atoms with E-state index in [0.29, 0.717) is 58.8 Å². The lowest BCUT2D eigenvalue weighted by atomic mass is 10.2. The first-order valence-electron chi connectivity index (χ1n) is 6.28. The lowest BCUT2D eigenvalue weighted by molar-refractivity contribution is -0.121. The summed E-state index contributed by atoms with van der Waals surface area (Å²) in [6.45, 7) is 4.54. The lowest BCUT2D eigenvalue weighted by Gasteiger charge is -2.06. The van der Waals surface area contributed by atoms with Gasteiger partial charge in [0.25, 0.3) is 0 Å². The van der Waals surface area contributed by atoms with Crippen LogP contribution < -0.4 is 11.1 Å². The second-order valence-corrected chi connectivity index (χ2v) is 3.92. The predicted octanol–water partition coefficient (Wildman–Crippen LogP) is -0.146. The summed E-state index contributed by atoms with van der Waals surface area (Å²) in [4.78, 5) is 21.9. The molecule has 0 aromatic rings. The third-order valence-electron chi connectivity index (χ3n) is 2.14. The first-order valence-corrected chi connectivity index (χ1v) is 6.28. The Hall–Kier alpha value is -0.980. The zero-order valence-corrected chi connectivity index (χ0v) is 11.1. The monoisotopic (exact) mass is 260 g/mol. The SMILES string of the molecule is CC(=O)CCCC(=O)NCCOCCOCCN. The number of nitrogens with one attached hydrogen (secondary N) is 1. The van der Waals surface area contributed by atoms with Crippen LogP contribution in [-0.4, -0.2) is 51.2 Å². The van der Waals surface area contributed by atoms with Crippen LogP contribution >= 0.6 is 0 Å². The van der Waals surface area contributed by atoms with E-state index in [0.717, 1.165) is 0 Å². The molecule has 0 atom stereocenters. The van der Waals surface area contributed by atoms with Crippen LogP contribution in [0.15, 0.2) is 0 Å². The Kier molecular flexibility index (Phi) is 11.8. The maximum Gasteiger partial charge on any atom is 0.220 e. The molecule has 106 valence electrons. The normalized spacial score (nSPS) is 10.3. The summed E-state index contributed by atoms with van der Waals surface area (Å²) in [5.74, 6) is 0.0721. The van der Waals surface area contributed by atoms with E-state index in [1.54, 1.807) is 0 Å². The molecular weight excluding hydrogens is 236 g/mol. The molecule has 6 nitrogen and oxygen atoms in total. The molecule has 18 heavy (non-hydrogen) atoms. The molecule has 0 aliphatic carbocycles. The Morgan fingerprint density at radius 1 is 1.06 bits per heavy atom. The molecule has 0 unspecified atom stereocenters. The van der Waals surface area contributed by atoms with Crippen molar-refractivity contribution in [2.24, 2.45) is 5.73 Å². The zero-order chi connectivity index (χ0) is 13.6. The molecule has 0 aromatic carbocycles. The van der Waals surface area contributed by atoms with Gasteiger partial charge in [0, 0.05) is 25.9 Å². The van der Waals surface area contributed by atoms with Crippen molar-refractivity contribution in [1.29, 1.82) is 0 Å². The van der Waals surface area contributed by atoms with Gasteiger partial charge < -0.3 is 25.3 Å². The second-order valence-electron chi connectivity index (χ2n) is 3.92. The van der Waals surface area contributed by atoms with Gasteiger partial charge in [-0.05, 0) is 13.3 Å². The molecule has 0 saturated heterocycles. The van der Waals surface area contributed by atoms with Crippen LogP contribution in [0.2, 0.25) is 0 Å². The highest BCUT2D eigenvalue weighted by Gasteiger charge is 2.01. The molecule has 0 heterocycles. The predicted molar refractivity (Wildman–Crippen MR) is 68.2 cm³/mol. The van der Waals surface area contributed by atoms with Crippen LogP contribution in [0.25, 0.3) is 0 Å². The second kappa shape index (κ2) is 12.5. The molecule has 0 aromatic heterocycles. The number of Topliss-reactive ketones (excluding diaryl/α,β-unsaturated/α-hetero) is 1. The smallest absolute Gasteiger partial charge is 0.220 e. The van der Waals surface area contributed by atoms with Gasteiger partial charge >= 0.3 is 0 Å². The number of ether oxygens (including phenoxy) is 2. The van der Waals surface area contributed by atoms with E-state index >= 15 is 0 Å². The summed E-state index contributed by atoms with van der Waals surface area (Å²) in [6.07, 6.45) is 1.45. The quantitative estimate of drug-likeness (QED) is 0.476. The summed E-state index contributed by atoms with van der Waals surface area (Å²) >= 11 is 0. The van der Waals surface area contributed by atoms with Crippen molar-refractivity contribution in [3.63, 3.8) is 0 Å². The third kappa shape index (κ3) is 13.1. The van der Waals surface area contributed by atoms with E-state index in [1.165, 1.54) is 6.92 Å². The van der Waals surface area contributed by atoms with Crippen LogP contribution in [0.3, 0.4) is 0 Å². The highest BCUT2D eigenvalue weighted by Crippen LogP contribution is 1.95. The average Bonchev–Trinajstić information content (AvgIpc) is 2.32. The van der Waals surface area contributed by atoms with Crippen LogP contribution in [0, 0.1) is 0 Å². The molecule has 1 amide bonds. The summed E-state index contributed by atoms with van der Waals surface area (Å²) in [5.41, 5.74) is 5.25. The topological polar surface area (TPSA) is 90.7 Å². The number of amides is 1. The fourth-order valence-electron chi connectivity index (χ4n) is 1.25. The summed E-state index contributed by atoms with van der Waals surface area (Å²) in [7, 11) is 0. The highest BCUT2D eigenvalue weighted by molar-refractivity contribution is 5.78. The maximum atomic E-state index is 11.3. The van der Waals surface area contributed by atoms with Gasteiger partial charge in [-0.15, -0.1) is 0 Å². The minimum absolute atomic E-state index is 0.0424. The molecule has 0 saturated carbocycles. The van der Waals surface area contributed by atoms with Gasteiger partial charge in [0.1, 0.15) is 5.78 Å². The van der Waals surface area contributed by atoms with E-state index in [9.17, 15) is 9.59 Å². The lowest BCUT2D eigenvalue weighted by Crippen LogP contribution is -2.27. The number of ketones is 1. The number of carbonyl (C=O) groups is 2. The largest absolute Gasteiger partial charge is 0.378 e. The molecular formula is C12H24N2O4. The van der Waals surface area contributed by atoms with Crippen LogP contribution in [0.1, 0.15) is 26.2 Å². The number of nitrogens with two attached hydrogens (primary N) is 1. The minimum Gasteiger partial charge on any atom is -0.378 e. The van der Waals surface area contributed by atoms with Crippen molar-refractivity contribution in [2.45, 2.75) is 26.2 Å². The van der Waals surface area contributed by atoms with Crippen molar-refractivity contribution >= 4 is 11.7 Å². The molecule has 0 fully saturated rings. The summed E-state index contributed by atoms with van der Waals surface area (Å²) in [5, 5.41) is 2.72. The van der Waals surface area contributed by atoms with Crippen LogP contribution in [0.4, 0.5) is 0 Å². The van der Waals surface area contributed by atoms with Crippen LogP contribution in [0.5, 0.6) is 0 Å². The molecule has 0 bridgehead atoms. The third-order valence-corrected chi connectivity index (χ3v) is 2.14. The molecule has 6 heteroatoms. The van der Waals surface area contributed by atoms with Gasteiger partial charge in [0.15, 0.2) is 0 Å². The van der Waals surface area contributed by atoms with Gasteiger partial charge in [-0.1, -0.05) is 0 Å². The molecule has 0 aliphatic heterocycles.